The van der Waals surface area contributed by atoms with E-state index in [1.54, 1.807) is 6.07 Å². The Hall–Kier alpha value is -0.900. The van der Waals surface area contributed by atoms with Gasteiger partial charge in [-0.05, 0) is 24.1 Å². The topological polar surface area (TPSA) is 34.1 Å². The van der Waals surface area contributed by atoms with Gasteiger partial charge < -0.3 is 0 Å². The van der Waals surface area contributed by atoms with Gasteiger partial charge in [-0.25, -0.2) is 0 Å². The zero-order chi connectivity index (χ0) is 9.19. The second-order valence-electron chi connectivity index (χ2n) is 2.44. The van der Waals surface area contributed by atoms with Gasteiger partial charge in [-0.3, -0.25) is 0 Å². The van der Waals surface area contributed by atoms with Crippen molar-refractivity contribution >= 4 is 10.2 Å². The maximum absolute atomic E-state index is 12.4. The number of aryl methyl sites for hydroxylation is 1. The van der Waals surface area contributed by atoms with Crippen LogP contribution in [0.3, 0.4) is 0 Å². The van der Waals surface area contributed by atoms with Crippen LogP contribution in [0, 0.1) is 0 Å². The molecule has 0 aromatic heterocycles. The highest BCUT2D eigenvalue weighted by molar-refractivity contribution is 7.86. The molecule has 0 bridgehead atoms. The van der Waals surface area contributed by atoms with E-state index in [4.69, 9.17) is 0 Å². The van der Waals surface area contributed by atoms with E-state index in [1.807, 2.05) is 6.92 Å². The number of hydrogen-bond donors (Lipinski definition) is 0. The van der Waals surface area contributed by atoms with E-state index < -0.39 is 10.2 Å². The van der Waals surface area contributed by atoms with Crippen LogP contribution in [0.2, 0.25) is 0 Å². The van der Waals surface area contributed by atoms with Crippen molar-refractivity contribution in [3.05, 3.63) is 29.8 Å². The lowest BCUT2D eigenvalue weighted by molar-refractivity contribution is 0.552. The molecule has 0 saturated heterocycles. The molecule has 1 aromatic rings. The molecule has 0 amide bonds. The van der Waals surface area contributed by atoms with Gasteiger partial charge in [0, 0.05) is 0 Å². The molecule has 0 aliphatic heterocycles. The molecule has 0 saturated carbocycles. The van der Waals surface area contributed by atoms with E-state index >= 15 is 0 Å². The van der Waals surface area contributed by atoms with Gasteiger partial charge in [0.15, 0.2) is 0 Å². The van der Waals surface area contributed by atoms with E-state index in [1.165, 1.54) is 18.2 Å². The Morgan fingerprint density at radius 3 is 2.58 bits per heavy atom. The maximum Gasteiger partial charge on any atom is 0.332 e. The van der Waals surface area contributed by atoms with Crippen LogP contribution in [0.15, 0.2) is 29.2 Å². The third-order valence-corrected chi connectivity index (χ3v) is 2.41. The summed E-state index contributed by atoms with van der Waals surface area (Å²) in [7, 11) is -4.54. The zero-order valence-corrected chi connectivity index (χ0v) is 7.44. The average molecular weight is 188 g/mol. The minimum Gasteiger partial charge on any atom is -0.189 e. The largest absolute Gasteiger partial charge is 0.332 e. The van der Waals surface area contributed by atoms with Crippen molar-refractivity contribution in [3.8, 4) is 0 Å². The Morgan fingerprint density at radius 1 is 1.42 bits per heavy atom. The van der Waals surface area contributed by atoms with Gasteiger partial charge in [0.1, 0.15) is 0 Å². The van der Waals surface area contributed by atoms with Gasteiger partial charge in [0.2, 0.25) is 0 Å². The Morgan fingerprint density at radius 2 is 2.08 bits per heavy atom. The highest BCUT2D eigenvalue weighted by Crippen LogP contribution is 2.13. The lowest BCUT2D eigenvalue weighted by Gasteiger charge is -1.97. The van der Waals surface area contributed by atoms with Crippen LogP contribution in [0.1, 0.15) is 12.5 Å². The summed E-state index contributed by atoms with van der Waals surface area (Å²) in [4.78, 5) is -0.262. The monoisotopic (exact) mass is 188 g/mol. The third kappa shape index (κ3) is 2.04. The molecule has 1 aromatic carbocycles. The standard InChI is InChI=1S/C8H9FO2S/c1-2-7-4-3-5-8(6-7)12(9,10)11/h3-6H,2H2,1H3. The fourth-order valence-corrected chi connectivity index (χ4v) is 1.45. The van der Waals surface area contributed by atoms with E-state index in [0.29, 0.717) is 6.42 Å². The molecule has 0 spiro atoms. The first-order valence-electron chi connectivity index (χ1n) is 3.57. The maximum atomic E-state index is 12.4. The van der Waals surface area contributed by atoms with Gasteiger partial charge >= 0.3 is 10.2 Å². The van der Waals surface area contributed by atoms with Crippen LogP contribution >= 0.6 is 0 Å². The lowest BCUT2D eigenvalue weighted by Crippen LogP contribution is -1.92. The van der Waals surface area contributed by atoms with Crippen molar-refractivity contribution in [2.75, 3.05) is 0 Å². The van der Waals surface area contributed by atoms with Gasteiger partial charge in [0.25, 0.3) is 0 Å². The predicted molar refractivity (Wildman–Crippen MR) is 44.1 cm³/mol. The molecule has 0 atom stereocenters. The molecule has 0 heterocycles. The lowest BCUT2D eigenvalue weighted by atomic mass is 10.2. The van der Waals surface area contributed by atoms with E-state index in [2.05, 4.69) is 0 Å². The molecule has 1 rings (SSSR count). The summed E-state index contributed by atoms with van der Waals surface area (Å²) in [5.41, 5.74) is 0.814. The van der Waals surface area contributed by atoms with Crippen molar-refractivity contribution < 1.29 is 12.3 Å². The molecule has 0 fully saturated rings. The van der Waals surface area contributed by atoms with Crippen molar-refractivity contribution in [1.82, 2.24) is 0 Å². The van der Waals surface area contributed by atoms with Crippen molar-refractivity contribution in [3.63, 3.8) is 0 Å². The van der Waals surface area contributed by atoms with Gasteiger partial charge in [0.05, 0.1) is 4.90 Å². The van der Waals surface area contributed by atoms with Crippen LogP contribution in [0.25, 0.3) is 0 Å². The van der Waals surface area contributed by atoms with E-state index in [9.17, 15) is 12.3 Å². The first kappa shape index (κ1) is 9.19. The summed E-state index contributed by atoms with van der Waals surface area (Å²) < 4.78 is 33.3. The quantitative estimate of drug-likeness (QED) is 0.664. The normalized spacial score (nSPS) is 11.5. The first-order valence-corrected chi connectivity index (χ1v) is 4.96. The van der Waals surface area contributed by atoms with E-state index in [-0.39, 0.29) is 4.90 Å². The summed E-state index contributed by atoms with van der Waals surface area (Å²) in [5.74, 6) is 0. The number of halogens is 1. The Labute approximate surface area is 71.2 Å². The highest BCUT2D eigenvalue weighted by Gasteiger charge is 2.10. The second kappa shape index (κ2) is 3.23. The van der Waals surface area contributed by atoms with Crippen LogP contribution < -0.4 is 0 Å². The smallest absolute Gasteiger partial charge is 0.189 e. The molecular weight excluding hydrogens is 179 g/mol. The molecule has 0 unspecified atom stereocenters. The zero-order valence-electron chi connectivity index (χ0n) is 6.62. The third-order valence-electron chi connectivity index (χ3n) is 1.59. The minimum absolute atomic E-state index is 0.262. The summed E-state index contributed by atoms with van der Waals surface area (Å²) in [6, 6.07) is 5.88. The van der Waals surface area contributed by atoms with Crippen LogP contribution in [0.5, 0.6) is 0 Å². The molecule has 0 aliphatic carbocycles. The van der Waals surface area contributed by atoms with Crippen LogP contribution in [-0.4, -0.2) is 8.42 Å². The number of hydrogen-bond acceptors (Lipinski definition) is 2. The van der Waals surface area contributed by atoms with Crippen molar-refractivity contribution in [2.45, 2.75) is 18.2 Å². The molecule has 2 nitrogen and oxygen atoms in total. The Balaban J connectivity index is 3.20. The molecule has 0 radical (unpaired) electrons. The molecule has 0 aliphatic rings. The van der Waals surface area contributed by atoms with Gasteiger partial charge in [-0.2, -0.15) is 8.42 Å². The molecular formula is C8H9FO2S. The van der Waals surface area contributed by atoms with Crippen molar-refractivity contribution in [1.29, 1.82) is 0 Å². The first-order chi connectivity index (χ1) is 5.54. The second-order valence-corrected chi connectivity index (χ2v) is 3.79. The Kier molecular flexibility index (Phi) is 2.47. The molecule has 12 heavy (non-hydrogen) atoms. The number of benzene rings is 1. The van der Waals surface area contributed by atoms with Crippen molar-refractivity contribution in [2.24, 2.45) is 0 Å². The predicted octanol–water partition coefficient (Wildman–Crippen LogP) is 1.91. The molecule has 66 valence electrons. The van der Waals surface area contributed by atoms with Gasteiger partial charge in [-0.15, -0.1) is 3.89 Å². The molecule has 0 N–H and O–H groups in total. The SMILES string of the molecule is CCc1cccc(S(=O)(=O)F)c1. The molecule has 4 heteroatoms. The van der Waals surface area contributed by atoms with Crippen LogP contribution in [0.4, 0.5) is 3.89 Å². The van der Waals surface area contributed by atoms with E-state index in [0.717, 1.165) is 5.56 Å². The fourth-order valence-electron chi connectivity index (χ4n) is 0.917. The minimum atomic E-state index is -4.54. The summed E-state index contributed by atoms with van der Waals surface area (Å²) in [5, 5.41) is 0. The summed E-state index contributed by atoms with van der Waals surface area (Å²) in [6.45, 7) is 1.88. The fraction of sp³-hybridized carbons (Fsp3) is 0.250. The highest BCUT2D eigenvalue weighted by atomic mass is 32.3. The van der Waals surface area contributed by atoms with Crippen LogP contribution in [-0.2, 0) is 16.6 Å². The summed E-state index contributed by atoms with van der Waals surface area (Å²) >= 11 is 0. The average Bonchev–Trinajstić information content (AvgIpc) is 2.03. The number of rotatable bonds is 2. The van der Waals surface area contributed by atoms with Gasteiger partial charge in [-0.1, -0.05) is 19.1 Å². The summed E-state index contributed by atoms with van der Waals surface area (Å²) in [6.07, 6.45) is 0.698. The Bertz CT molecular complexity index is 370.